The highest BCUT2D eigenvalue weighted by atomic mass is 16.5. The van der Waals surface area contributed by atoms with Crippen LogP contribution in [0.4, 0.5) is 0 Å². The van der Waals surface area contributed by atoms with Gasteiger partial charge in [-0.1, -0.05) is 6.42 Å². The molecular formula is C17H24N2O3. The second kappa shape index (κ2) is 8.14. The molecule has 0 bridgehead atoms. The Bertz CT molecular complexity index is 498. The quantitative estimate of drug-likeness (QED) is 0.796. The highest BCUT2D eigenvalue weighted by Crippen LogP contribution is 2.25. The normalized spacial score (nSPS) is 22.5. The molecule has 1 aliphatic carbocycles. The van der Waals surface area contributed by atoms with Crippen LogP contribution in [0, 0.1) is 17.2 Å². The fourth-order valence-corrected chi connectivity index (χ4v) is 2.94. The van der Waals surface area contributed by atoms with E-state index in [0.29, 0.717) is 23.8 Å². The van der Waals surface area contributed by atoms with Crippen LogP contribution in [0.1, 0.15) is 24.8 Å². The Hall–Kier alpha value is -1.61. The predicted octanol–water partition coefficient (Wildman–Crippen LogP) is 1.39. The molecule has 22 heavy (non-hydrogen) atoms. The van der Waals surface area contributed by atoms with Crippen LogP contribution in [0.3, 0.4) is 0 Å². The van der Waals surface area contributed by atoms with Crippen molar-refractivity contribution in [3.05, 3.63) is 29.8 Å². The van der Waals surface area contributed by atoms with Crippen LogP contribution >= 0.6 is 0 Å². The van der Waals surface area contributed by atoms with Gasteiger partial charge >= 0.3 is 0 Å². The van der Waals surface area contributed by atoms with E-state index in [-0.39, 0.29) is 12.7 Å². The first-order valence-electron chi connectivity index (χ1n) is 7.76. The van der Waals surface area contributed by atoms with E-state index in [0.717, 1.165) is 25.8 Å². The summed E-state index contributed by atoms with van der Waals surface area (Å²) in [6.45, 7) is 1.53. The van der Waals surface area contributed by atoms with Gasteiger partial charge in [0.15, 0.2) is 0 Å². The van der Waals surface area contributed by atoms with Crippen LogP contribution < -0.4 is 4.74 Å². The SMILES string of the molecule is CN(CC(O)COc1ccc(C#N)cc1)CC1CCCC1O. The van der Waals surface area contributed by atoms with Gasteiger partial charge in [0.05, 0.1) is 17.7 Å². The Morgan fingerprint density at radius 1 is 1.36 bits per heavy atom. The van der Waals surface area contributed by atoms with E-state index in [1.807, 2.05) is 11.9 Å². The van der Waals surface area contributed by atoms with Crippen LogP contribution in [0.25, 0.3) is 0 Å². The number of benzene rings is 1. The van der Waals surface area contributed by atoms with Gasteiger partial charge < -0.3 is 19.8 Å². The molecule has 5 nitrogen and oxygen atoms in total. The summed E-state index contributed by atoms with van der Waals surface area (Å²) in [7, 11) is 1.95. The van der Waals surface area contributed by atoms with E-state index in [4.69, 9.17) is 10.00 Å². The van der Waals surface area contributed by atoms with Crippen LogP contribution in [0.2, 0.25) is 0 Å². The molecule has 1 aromatic rings. The zero-order valence-corrected chi connectivity index (χ0v) is 13.0. The molecule has 5 heteroatoms. The van der Waals surface area contributed by atoms with Gasteiger partial charge in [-0.15, -0.1) is 0 Å². The summed E-state index contributed by atoms with van der Waals surface area (Å²) in [5, 5.41) is 28.6. The second-order valence-corrected chi connectivity index (χ2v) is 6.08. The highest BCUT2D eigenvalue weighted by molar-refractivity contribution is 5.34. The van der Waals surface area contributed by atoms with Gasteiger partial charge in [0.2, 0.25) is 0 Å². The van der Waals surface area contributed by atoms with E-state index in [1.54, 1.807) is 24.3 Å². The topological polar surface area (TPSA) is 76.7 Å². The van der Waals surface area contributed by atoms with Crippen molar-refractivity contribution in [1.82, 2.24) is 4.90 Å². The van der Waals surface area contributed by atoms with E-state index in [2.05, 4.69) is 6.07 Å². The van der Waals surface area contributed by atoms with Crippen molar-refractivity contribution >= 4 is 0 Å². The molecule has 1 fully saturated rings. The molecule has 0 spiro atoms. The third-order valence-electron chi connectivity index (χ3n) is 4.11. The van der Waals surface area contributed by atoms with Gasteiger partial charge in [0.25, 0.3) is 0 Å². The summed E-state index contributed by atoms with van der Waals surface area (Å²) in [5.74, 6) is 0.962. The Morgan fingerprint density at radius 2 is 2.09 bits per heavy atom. The van der Waals surface area contributed by atoms with Crippen molar-refractivity contribution in [3.8, 4) is 11.8 Å². The minimum absolute atomic E-state index is 0.200. The number of rotatable bonds is 7. The van der Waals surface area contributed by atoms with Gasteiger partial charge in [-0.25, -0.2) is 0 Å². The van der Waals surface area contributed by atoms with Crippen molar-refractivity contribution in [3.63, 3.8) is 0 Å². The van der Waals surface area contributed by atoms with Gasteiger partial charge in [0.1, 0.15) is 18.5 Å². The number of aliphatic hydroxyl groups excluding tert-OH is 2. The van der Waals surface area contributed by atoms with E-state index >= 15 is 0 Å². The van der Waals surface area contributed by atoms with Crippen molar-refractivity contribution < 1.29 is 14.9 Å². The summed E-state index contributed by atoms with van der Waals surface area (Å²) in [5.41, 5.74) is 0.586. The number of ether oxygens (including phenoxy) is 1. The number of hydrogen-bond donors (Lipinski definition) is 2. The number of aliphatic hydroxyl groups is 2. The minimum atomic E-state index is -0.584. The number of nitrogens with zero attached hydrogens (tertiary/aromatic N) is 2. The van der Waals surface area contributed by atoms with E-state index < -0.39 is 6.10 Å². The first kappa shape index (κ1) is 16.8. The van der Waals surface area contributed by atoms with Crippen molar-refractivity contribution in [2.45, 2.75) is 31.5 Å². The smallest absolute Gasteiger partial charge is 0.119 e. The fourth-order valence-electron chi connectivity index (χ4n) is 2.94. The summed E-state index contributed by atoms with van der Waals surface area (Å²) in [6.07, 6.45) is 2.25. The molecule has 0 saturated heterocycles. The van der Waals surface area contributed by atoms with Gasteiger partial charge in [0, 0.05) is 13.1 Å². The maximum absolute atomic E-state index is 10.0. The van der Waals surface area contributed by atoms with Gasteiger partial charge in [-0.2, -0.15) is 5.26 Å². The molecular weight excluding hydrogens is 280 g/mol. The van der Waals surface area contributed by atoms with Crippen LogP contribution in [-0.4, -0.2) is 54.1 Å². The minimum Gasteiger partial charge on any atom is -0.491 e. The molecule has 1 aliphatic rings. The van der Waals surface area contributed by atoms with E-state index in [1.165, 1.54) is 0 Å². The molecule has 0 radical (unpaired) electrons. The Balaban J connectivity index is 1.70. The zero-order chi connectivity index (χ0) is 15.9. The van der Waals surface area contributed by atoms with Gasteiger partial charge in [-0.05, 0) is 50.1 Å². The van der Waals surface area contributed by atoms with Crippen molar-refractivity contribution in [1.29, 1.82) is 5.26 Å². The molecule has 0 amide bonds. The Kier molecular flexibility index (Phi) is 6.20. The largest absolute Gasteiger partial charge is 0.491 e. The first-order valence-corrected chi connectivity index (χ1v) is 7.76. The summed E-state index contributed by atoms with van der Waals surface area (Å²) >= 11 is 0. The molecule has 0 heterocycles. The summed E-state index contributed by atoms with van der Waals surface area (Å²) in [4.78, 5) is 2.05. The third-order valence-corrected chi connectivity index (χ3v) is 4.11. The molecule has 2 rings (SSSR count). The molecule has 3 atom stereocenters. The molecule has 1 aromatic carbocycles. The lowest BCUT2D eigenvalue weighted by Gasteiger charge is -2.25. The predicted molar refractivity (Wildman–Crippen MR) is 83.5 cm³/mol. The number of nitriles is 1. The van der Waals surface area contributed by atoms with Crippen LogP contribution in [-0.2, 0) is 0 Å². The van der Waals surface area contributed by atoms with E-state index in [9.17, 15) is 10.2 Å². The second-order valence-electron chi connectivity index (χ2n) is 6.08. The van der Waals surface area contributed by atoms with Gasteiger partial charge in [-0.3, -0.25) is 0 Å². The monoisotopic (exact) mass is 304 g/mol. The average Bonchev–Trinajstić information content (AvgIpc) is 2.90. The maximum atomic E-state index is 10.0. The fraction of sp³-hybridized carbons (Fsp3) is 0.588. The Labute approximate surface area is 131 Å². The number of likely N-dealkylation sites (N-methyl/N-ethyl adjacent to an activating group) is 1. The van der Waals surface area contributed by atoms with Crippen molar-refractivity contribution in [2.75, 3.05) is 26.7 Å². The molecule has 2 N–H and O–H groups in total. The molecule has 0 aliphatic heterocycles. The standard InChI is InChI=1S/C17H24N2O3/c1-19(10-14-3-2-4-17(14)21)11-15(20)12-22-16-7-5-13(9-18)6-8-16/h5-8,14-15,17,20-21H,2-4,10-12H2,1H3. The lowest BCUT2D eigenvalue weighted by atomic mass is 10.1. The molecule has 0 aromatic heterocycles. The van der Waals surface area contributed by atoms with Crippen LogP contribution in [0.5, 0.6) is 5.75 Å². The first-order chi connectivity index (χ1) is 10.6. The molecule has 1 saturated carbocycles. The van der Waals surface area contributed by atoms with Crippen LogP contribution in [0.15, 0.2) is 24.3 Å². The summed E-state index contributed by atoms with van der Waals surface area (Å²) in [6, 6.07) is 8.88. The molecule has 3 unspecified atom stereocenters. The van der Waals surface area contributed by atoms with Crippen molar-refractivity contribution in [2.24, 2.45) is 5.92 Å². The number of hydrogen-bond acceptors (Lipinski definition) is 5. The average molecular weight is 304 g/mol. The zero-order valence-electron chi connectivity index (χ0n) is 13.0. The third kappa shape index (κ3) is 4.99. The lowest BCUT2D eigenvalue weighted by molar-refractivity contribution is 0.0578. The lowest BCUT2D eigenvalue weighted by Crippen LogP contribution is -2.37. The maximum Gasteiger partial charge on any atom is 0.119 e. The molecule has 120 valence electrons. The summed E-state index contributed by atoms with van der Waals surface area (Å²) < 4.78 is 5.52. The Morgan fingerprint density at radius 3 is 2.68 bits per heavy atom. The highest BCUT2D eigenvalue weighted by Gasteiger charge is 2.26.